The van der Waals surface area contributed by atoms with Crippen LogP contribution in [-0.2, 0) is 4.74 Å². The zero-order chi connectivity index (χ0) is 21.4. The summed E-state index contributed by atoms with van der Waals surface area (Å²) < 4.78 is 27.3. The fraction of sp³-hybridized carbons (Fsp3) is 0.571. The van der Waals surface area contributed by atoms with E-state index in [1.54, 1.807) is 19.1 Å². The second-order valence-corrected chi connectivity index (χ2v) is 8.05. The van der Waals surface area contributed by atoms with Gasteiger partial charge in [-0.3, -0.25) is 0 Å². The highest BCUT2D eigenvalue weighted by Gasteiger charge is 2.48. The Morgan fingerprint density at radius 1 is 1.24 bits per heavy atom. The molecule has 3 rings (SSSR count). The molecule has 1 saturated heterocycles. The third-order valence-corrected chi connectivity index (χ3v) is 5.39. The maximum absolute atomic E-state index is 11.6. The molecule has 2 heterocycles. The second-order valence-electron chi connectivity index (χ2n) is 8.05. The average Bonchev–Trinajstić information content (AvgIpc) is 3.30. The van der Waals surface area contributed by atoms with Crippen LogP contribution in [0.5, 0.6) is 17.2 Å². The summed E-state index contributed by atoms with van der Waals surface area (Å²) in [5, 5.41) is 21.8. The van der Waals surface area contributed by atoms with Gasteiger partial charge < -0.3 is 33.6 Å². The molecule has 1 aromatic heterocycles. The smallest absolute Gasteiger partial charge is 0.336 e. The van der Waals surface area contributed by atoms with Crippen LogP contribution in [0.15, 0.2) is 27.4 Å². The lowest BCUT2D eigenvalue weighted by Crippen LogP contribution is -2.43. The standard InChI is InChI=1S/C21H28O8/c1-20(2)15(29-20)8-9-21(3,24)14(22)11-27-18-13(25-4)10-12-6-7-16(23)28-17(12)19(18)26-5/h6-7,10,14-15,22,24H,8-9,11H2,1-5H3/t14-,15+,21-/m1/s1. The van der Waals surface area contributed by atoms with E-state index >= 15 is 0 Å². The van der Waals surface area contributed by atoms with E-state index in [1.807, 2.05) is 13.8 Å². The molecule has 2 aromatic rings. The summed E-state index contributed by atoms with van der Waals surface area (Å²) in [6.45, 7) is 5.33. The van der Waals surface area contributed by atoms with Crippen molar-refractivity contribution < 1.29 is 33.6 Å². The Labute approximate surface area is 168 Å². The van der Waals surface area contributed by atoms with Gasteiger partial charge in [-0.2, -0.15) is 0 Å². The Morgan fingerprint density at radius 2 is 1.93 bits per heavy atom. The Balaban J connectivity index is 1.77. The van der Waals surface area contributed by atoms with Crippen molar-refractivity contribution in [1.29, 1.82) is 0 Å². The van der Waals surface area contributed by atoms with E-state index in [9.17, 15) is 15.0 Å². The Hall–Kier alpha value is -2.29. The van der Waals surface area contributed by atoms with Crippen LogP contribution in [0.25, 0.3) is 11.0 Å². The zero-order valence-corrected chi connectivity index (χ0v) is 17.4. The third-order valence-electron chi connectivity index (χ3n) is 5.39. The molecule has 0 amide bonds. The van der Waals surface area contributed by atoms with Gasteiger partial charge in [0.2, 0.25) is 11.5 Å². The Bertz CT molecular complexity index is 930. The summed E-state index contributed by atoms with van der Waals surface area (Å²) >= 11 is 0. The van der Waals surface area contributed by atoms with Gasteiger partial charge in [-0.25, -0.2) is 4.79 Å². The minimum Gasteiger partial charge on any atom is -0.493 e. The van der Waals surface area contributed by atoms with Crippen molar-refractivity contribution in [2.45, 2.75) is 57.0 Å². The van der Waals surface area contributed by atoms with E-state index in [-0.39, 0.29) is 35.4 Å². The Kier molecular flexibility index (Phi) is 5.80. The monoisotopic (exact) mass is 408 g/mol. The van der Waals surface area contributed by atoms with Crippen LogP contribution in [-0.4, -0.2) is 54.4 Å². The molecule has 1 aliphatic rings. The van der Waals surface area contributed by atoms with Gasteiger partial charge in [0.15, 0.2) is 11.3 Å². The molecule has 8 nitrogen and oxygen atoms in total. The van der Waals surface area contributed by atoms with Crippen molar-refractivity contribution >= 4 is 11.0 Å². The molecule has 160 valence electrons. The maximum Gasteiger partial charge on any atom is 0.336 e. The molecule has 1 aromatic carbocycles. The first kappa shape index (κ1) is 21.4. The van der Waals surface area contributed by atoms with E-state index in [1.165, 1.54) is 20.3 Å². The summed E-state index contributed by atoms with van der Waals surface area (Å²) in [4.78, 5) is 11.6. The van der Waals surface area contributed by atoms with Crippen LogP contribution in [0.3, 0.4) is 0 Å². The quantitative estimate of drug-likeness (QED) is 0.480. The van der Waals surface area contributed by atoms with Gasteiger partial charge in [0, 0.05) is 11.5 Å². The molecule has 0 radical (unpaired) electrons. The minimum absolute atomic E-state index is 0.0747. The third kappa shape index (κ3) is 4.49. The van der Waals surface area contributed by atoms with E-state index in [4.69, 9.17) is 23.4 Å². The van der Waals surface area contributed by atoms with Crippen LogP contribution in [0, 0.1) is 0 Å². The van der Waals surface area contributed by atoms with Gasteiger partial charge in [-0.15, -0.1) is 0 Å². The fourth-order valence-corrected chi connectivity index (χ4v) is 3.28. The van der Waals surface area contributed by atoms with Gasteiger partial charge in [0.25, 0.3) is 0 Å². The number of fused-ring (bicyclic) bond motifs is 1. The summed E-state index contributed by atoms with van der Waals surface area (Å²) in [5.41, 5.74) is -1.86. The summed E-state index contributed by atoms with van der Waals surface area (Å²) in [6.07, 6.45) is -0.111. The topological polar surface area (TPSA) is 111 Å². The highest BCUT2D eigenvalue weighted by Crippen LogP contribution is 2.43. The number of benzene rings is 1. The van der Waals surface area contributed by atoms with Crippen LogP contribution in [0.2, 0.25) is 0 Å². The Morgan fingerprint density at radius 3 is 2.52 bits per heavy atom. The SMILES string of the molecule is COc1cc2ccc(=O)oc2c(OC)c1OC[C@@H](O)[C@](C)(O)CC[C@@H]1OC1(C)C. The van der Waals surface area contributed by atoms with Crippen molar-refractivity contribution in [1.82, 2.24) is 0 Å². The number of aliphatic hydroxyl groups excluding tert-OH is 1. The first-order valence-electron chi connectivity index (χ1n) is 9.49. The van der Waals surface area contributed by atoms with Crippen molar-refractivity contribution in [3.63, 3.8) is 0 Å². The number of methoxy groups -OCH3 is 2. The molecule has 1 aliphatic heterocycles. The molecular weight excluding hydrogens is 380 g/mol. The number of epoxide rings is 1. The average molecular weight is 408 g/mol. The number of hydrogen-bond donors (Lipinski definition) is 2. The van der Waals surface area contributed by atoms with Crippen molar-refractivity contribution in [2.24, 2.45) is 0 Å². The first-order chi connectivity index (χ1) is 13.6. The molecule has 1 fully saturated rings. The van der Waals surface area contributed by atoms with E-state index in [0.717, 1.165) is 0 Å². The van der Waals surface area contributed by atoms with E-state index in [2.05, 4.69) is 0 Å². The lowest BCUT2D eigenvalue weighted by molar-refractivity contribution is -0.0850. The van der Waals surface area contributed by atoms with Gasteiger partial charge in [-0.1, -0.05) is 0 Å². The molecule has 0 saturated carbocycles. The lowest BCUT2D eigenvalue weighted by Gasteiger charge is -2.29. The summed E-state index contributed by atoms with van der Waals surface area (Å²) in [5.74, 6) is 0.707. The van der Waals surface area contributed by atoms with E-state index in [0.29, 0.717) is 24.0 Å². The number of rotatable bonds is 9. The van der Waals surface area contributed by atoms with Gasteiger partial charge in [0.05, 0.1) is 31.5 Å². The molecule has 0 spiro atoms. The van der Waals surface area contributed by atoms with Gasteiger partial charge in [-0.05, 0) is 45.7 Å². The molecule has 8 heteroatoms. The van der Waals surface area contributed by atoms with Crippen LogP contribution >= 0.6 is 0 Å². The first-order valence-corrected chi connectivity index (χ1v) is 9.49. The number of ether oxygens (including phenoxy) is 4. The van der Waals surface area contributed by atoms with Crippen molar-refractivity contribution in [3.8, 4) is 17.2 Å². The molecule has 2 N–H and O–H groups in total. The predicted molar refractivity (Wildman–Crippen MR) is 106 cm³/mol. The lowest BCUT2D eigenvalue weighted by atomic mass is 9.91. The fourth-order valence-electron chi connectivity index (χ4n) is 3.28. The van der Waals surface area contributed by atoms with Crippen LogP contribution < -0.4 is 19.8 Å². The van der Waals surface area contributed by atoms with Crippen LogP contribution in [0.1, 0.15) is 33.6 Å². The molecule has 29 heavy (non-hydrogen) atoms. The number of hydrogen-bond acceptors (Lipinski definition) is 8. The molecule has 0 aliphatic carbocycles. The van der Waals surface area contributed by atoms with E-state index < -0.39 is 17.3 Å². The molecular formula is C21H28O8. The largest absolute Gasteiger partial charge is 0.493 e. The summed E-state index contributed by atoms with van der Waals surface area (Å²) in [7, 11) is 2.88. The normalized spacial score (nSPS) is 20.7. The minimum atomic E-state index is -1.37. The zero-order valence-electron chi connectivity index (χ0n) is 17.4. The molecule has 0 bridgehead atoms. The molecule has 3 atom stereocenters. The highest BCUT2D eigenvalue weighted by molar-refractivity contribution is 5.88. The number of aliphatic hydroxyl groups is 2. The summed E-state index contributed by atoms with van der Waals surface area (Å²) in [6, 6.07) is 4.54. The highest BCUT2D eigenvalue weighted by atomic mass is 16.6. The second kappa shape index (κ2) is 7.85. The maximum atomic E-state index is 11.6. The predicted octanol–water partition coefficient (Wildman–Crippen LogP) is 2.26. The van der Waals surface area contributed by atoms with Crippen LogP contribution in [0.4, 0.5) is 0 Å². The van der Waals surface area contributed by atoms with Crippen molar-refractivity contribution in [3.05, 3.63) is 28.6 Å². The van der Waals surface area contributed by atoms with Gasteiger partial charge >= 0.3 is 5.63 Å². The van der Waals surface area contributed by atoms with Crippen molar-refractivity contribution in [2.75, 3.05) is 20.8 Å². The van der Waals surface area contributed by atoms with Gasteiger partial charge in [0.1, 0.15) is 12.7 Å². The molecule has 0 unspecified atom stereocenters.